The summed E-state index contributed by atoms with van der Waals surface area (Å²) in [5.74, 6) is 0. The van der Waals surface area contributed by atoms with Gasteiger partial charge in [-0.05, 0) is 18.2 Å². The molecule has 0 aliphatic rings. The SMILES string of the molecule is CCC(C/C=N/C[Si](C)(C)C)[Si](C)(C)c1ccccc1. The highest BCUT2D eigenvalue weighted by atomic mass is 28.3. The average Bonchev–Trinajstić information content (AvgIpc) is 2.38. The highest BCUT2D eigenvalue weighted by Crippen LogP contribution is 2.28. The Balaban J connectivity index is 2.71. The fourth-order valence-corrected chi connectivity index (χ4v) is 6.53. The minimum Gasteiger partial charge on any atom is -0.301 e. The Hall–Kier alpha value is -0.676. The van der Waals surface area contributed by atoms with Crippen molar-refractivity contribution in [1.82, 2.24) is 0 Å². The molecule has 3 heteroatoms. The van der Waals surface area contributed by atoms with Crippen LogP contribution >= 0.6 is 0 Å². The maximum Gasteiger partial charge on any atom is 0.0840 e. The summed E-state index contributed by atoms with van der Waals surface area (Å²) in [5, 5.41) is 1.57. The van der Waals surface area contributed by atoms with Gasteiger partial charge in [0.1, 0.15) is 0 Å². The Morgan fingerprint density at radius 3 is 2.15 bits per heavy atom. The minimum absolute atomic E-state index is 0.787. The summed E-state index contributed by atoms with van der Waals surface area (Å²) in [4.78, 5) is 4.70. The standard InChI is InChI=1S/C17H31NSi2/c1-7-16(13-14-18-15-19(2,3)4)20(5,6)17-11-9-8-10-12-17/h8-12,14,16H,7,13,15H2,1-6H3/b18-14+. The van der Waals surface area contributed by atoms with E-state index in [1.54, 1.807) is 5.19 Å². The molecule has 0 radical (unpaired) electrons. The van der Waals surface area contributed by atoms with Crippen LogP contribution in [0.5, 0.6) is 0 Å². The number of hydrogen-bond donors (Lipinski definition) is 0. The Labute approximate surface area is 127 Å². The monoisotopic (exact) mass is 305 g/mol. The van der Waals surface area contributed by atoms with Gasteiger partial charge in [0.2, 0.25) is 0 Å². The van der Waals surface area contributed by atoms with Gasteiger partial charge in [-0.15, -0.1) is 0 Å². The Morgan fingerprint density at radius 2 is 1.65 bits per heavy atom. The van der Waals surface area contributed by atoms with Crippen LogP contribution in [0.1, 0.15) is 19.8 Å². The van der Waals surface area contributed by atoms with Crippen molar-refractivity contribution in [2.24, 2.45) is 4.99 Å². The van der Waals surface area contributed by atoms with E-state index in [0.717, 1.165) is 18.1 Å². The molecule has 0 spiro atoms. The van der Waals surface area contributed by atoms with Crippen LogP contribution in [0.25, 0.3) is 0 Å². The second kappa shape index (κ2) is 7.37. The lowest BCUT2D eigenvalue weighted by Gasteiger charge is -2.31. The van der Waals surface area contributed by atoms with Crippen LogP contribution in [0.2, 0.25) is 38.3 Å². The summed E-state index contributed by atoms with van der Waals surface area (Å²) >= 11 is 0. The third-order valence-corrected chi connectivity index (χ3v) is 9.75. The molecule has 0 saturated heterocycles. The van der Waals surface area contributed by atoms with Crippen LogP contribution in [0.15, 0.2) is 35.3 Å². The zero-order valence-corrected chi connectivity index (χ0v) is 16.1. The van der Waals surface area contributed by atoms with Gasteiger partial charge < -0.3 is 4.99 Å². The summed E-state index contributed by atoms with van der Waals surface area (Å²) in [6, 6.07) is 11.1. The first-order valence-electron chi connectivity index (χ1n) is 7.81. The van der Waals surface area contributed by atoms with E-state index in [1.165, 1.54) is 6.42 Å². The first-order valence-corrected chi connectivity index (χ1v) is 14.6. The average molecular weight is 306 g/mol. The first-order chi connectivity index (χ1) is 9.27. The van der Waals surface area contributed by atoms with Gasteiger partial charge in [0.15, 0.2) is 0 Å². The lowest BCUT2D eigenvalue weighted by molar-refractivity contribution is 0.806. The summed E-state index contributed by atoms with van der Waals surface area (Å²) in [5.41, 5.74) is 0.787. The molecule has 1 unspecified atom stereocenters. The molecule has 20 heavy (non-hydrogen) atoms. The Kier molecular flexibility index (Phi) is 6.40. The van der Waals surface area contributed by atoms with Crippen LogP contribution in [0.4, 0.5) is 0 Å². The zero-order valence-electron chi connectivity index (χ0n) is 14.1. The minimum atomic E-state index is -1.38. The van der Waals surface area contributed by atoms with Crippen molar-refractivity contribution in [2.45, 2.75) is 58.0 Å². The number of rotatable bonds is 7. The molecule has 0 saturated carbocycles. The molecular weight excluding hydrogens is 274 g/mol. The van der Waals surface area contributed by atoms with Crippen molar-refractivity contribution < 1.29 is 0 Å². The molecule has 0 aliphatic carbocycles. The van der Waals surface area contributed by atoms with E-state index in [0.29, 0.717) is 0 Å². The number of aliphatic imine (C=N–C) groups is 1. The topological polar surface area (TPSA) is 12.4 Å². The molecular formula is C17H31NSi2. The molecule has 1 nitrogen and oxygen atoms in total. The largest absolute Gasteiger partial charge is 0.301 e. The predicted octanol–water partition coefficient (Wildman–Crippen LogP) is 4.72. The molecule has 0 aliphatic heterocycles. The molecule has 1 aromatic carbocycles. The van der Waals surface area contributed by atoms with Crippen LogP contribution in [0.3, 0.4) is 0 Å². The first kappa shape index (κ1) is 17.4. The third kappa shape index (κ3) is 5.37. The second-order valence-electron chi connectivity index (χ2n) is 7.51. The van der Waals surface area contributed by atoms with Gasteiger partial charge in [-0.1, -0.05) is 81.6 Å². The van der Waals surface area contributed by atoms with Gasteiger partial charge >= 0.3 is 0 Å². The lowest BCUT2D eigenvalue weighted by atomic mass is 10.2. The van der Waals surface area contributed by atoms with E-state index in [9.17, 15) is 0 Å². The normalized spacial score (nSPS) is 14.7. The summed E-state index contributed by atoms with van der Waals surface area (Å²) in [7, 11) is -2.42. The van der Waals surface area contributed by atoms with Crippen molar-refractivity contribution in [3.8, 4) is 0 Å². The summed E-state index contributed by atoms with van der Waals surface area (Å²) in [6.45, 7) is 14.5. The van der Waals surface area contributed by atoms with E-state index < -0.39 is 16.1 Å². The molecule has 1 aromatic rings. The van der Waals surface area contributed by atoms with E-state index in [2.05, 4.69) is 76.2 Å². The van der Waals surface area contributed by atoms with Crippen LogP contribution in [-0.2, 0) is 0 Å². The quantitative estimate of drug-likeness (QED) is 0.510. The van der Waals surface area contributed by atoms with Gasteiger partial charge in [-0.2, -0.15) is 0 Å². The van der Waals surface area contributed by atoms with Crippen molar-refractivity contribution in [3.05, 3.63) is 30.3 Å². The van der Waals surface area contributed by atoms with E-state index >= 15 is 0 Å². The number of hydrogen-bond acceptors (Lipinski definition) is 1. The zero-order chi connectivity index (χ0) is 15.2. The molecule has 0 aromatic heterocycles. The van der Waals surface area contributed by atoms with Gasteiger partial charge in [0.25, 0.3) is 0 Å². The molecule has 0 bridgehead atoms. The van der Waals surface area contributed by atoms with E-state index in [-0.39, 0.29) is 0 Å². The molecule has 0 fully saturated rings. The van der Waals surface area contributed by atoms with Crippen LogP contribution < -0.4 is 5.19 Å². The van der Waals surface area contributed by atoms with E-state index in [1.807, 2.05) is 0 Å². The predicted molar refractivity (Wildman–Crippen MR) is 98.9 cm³/mol. The number of benzene rings is 1. The smallest absolute Gasteiger partial charge is 0.0840 e. The Bertz CT molecular complexity index is 418. The summed E-state index contributed by atoms with van der Waals surface area (Å²) in [6.07, 6.45) is 5.68. The molecule has 1 atom stereocenters. The fourth-order valence-electron chi connectivity index (χ4n) is 2.62. The Morgan fingerprint density at radius 1 is 1.05 bits per heavy atom. The van der Waals surface area contributed by atoms with Crippen molar-refractivity contribution in [3.63, 3.8) is 0 Å². The molecule has 0 amide bonds. The van der Waals surface area contributed by atoms with E-state index in [4.69, 9.17) is 4.99 Å². The highest BCUT2D eigenvalue weighted by Gasteiger charge is 2.31. The second-order valence-corrected chi connectivity index (χ2v) is 17.8. The van der Waals surface area contributed by atoms with Crippen molar-refractivity contribution in [1.29, 1.82) is 0 Å². The maximum absolute atomic E-state index is 4.70. The maximum atomic E-state index is 4.70. The molecule has 0 heterocycles. The molecule has 1 rings (SSSR count). The van der Waals surface area contributed by atoms with Crippen LogP contribution in [-0.4, -0.2) is 28.5 Å². The van der Waals surface area contributed by atoms with Crippen molar-refractivity contribution in [2.75, 3.05) is 6.17 Å². The van der Waals surface area contributed by atoms with Crippen molar-refractivity contribution >= 4 is 27.5 Å². The number of nitrogens with zero attached hydrogens (tertiary/aromatic N) is 1. The molecule has 0 N–H and O–H groups in total. The highest BCUT2D eigenvalue weighted by molar-refractivity contribution is 6.91. The fraction of sp³-hybridized carbons (Fsp3) is 0.588. The molecule has 112 valence electrons. The van der Waals surface area contributed by atoms with Gasteiger partial charge in [0.05, 0.1) is 16.1 Å². The van der Waals surface area contributed by atoms with Gasteiger partial charge in [-0.25, -0.2) is 0 Å². The van der Waals surface area contributed by atoms with Crippen LogP contribution in [0, 0.1) is 0 Å². The summed E-state index contributed by atoms with van der Waals surface area (Å²) < 4.78 is 0. The lowest BCUT2D eigenvalue weighted by Crippen LogP contribution is -2.45. The van der Waals surface area contributed by atoms with Gasteiger partial charge in [-0.3, -0.25) is 0 Å². The van der Waals surface area contributed by atoms with Gasteiger partial charge in [0, 0.05) is 6.17 Å². The third-order valence-electron chi connectivity index (χ3n) is 4.12.